The van der Waals surface area contributed by atoms with Gasteiger partial charge in [0.15, 0.2) is 0 Å². The molecule has 4 rings (SSSR count). The second-order valence-corrected chi connectivity index (χ2v) is 11.7. The van der Waals surface area contributed by atoms with Crippen molar-refractivity contribution in [2.45, 2.75) is 82.8 Å². The summed E-state index contributed by atoms with van der Waals surface area (Å²) in [6.07, 6.45) is 6.96. The average molecular weight is 493 g/mol. The fourth-order valence-electron chi connectivity index (χ4n) is 5.65. The van der Waals surface area contributed by atoms with Crippen molar-refractivity contribution in [3.63, 3.8) is 0 Å². The quantitative estimate of drug-likeness (QED) is 0.530. The van der Waals surface area contributed by atoms with E-state index < -0.39 is 11.2 Å². The van der Waals surface area contributed by atoms with E-state index in [9.17, 15) is 9.90 Å². The number of carbonyl (C=O) groups excluding carboxylic acids is 1. The highest BCUT2D eigenvalue weighted by molar-refractivity contribution is 5.68. The molecule has 0 bridgehead atoms. The number of ether oxygens (including phenoxy) is 1. The van der Waals surface area contributed by atoms with Crippen LogP contribution in [0, 0.1) is 0 Å². The Labute approximate surface area is 217 Å². The van der Waals surface area contributed by atoms with Gasteiger partial charge in [0.25, 0.3) is 0 Å². The number of amides is 1. The molecule has 5 nitrogen and oxygen atoms in total. The number of carbonyl (C=O) groups is 1. The lowest BCUT2D eigenvalue weighted by Crippen LogP contribution is -2.52. The summed E-state index contributed by atoms with van der Waals surface area (Å²) in [5.74, 6) is 0.0778. The van der Waals surface area contributed by atoms with Crippen LogP contribution in [0.2, 0.25) is 0 Å². The Hall–Kier alpha value is -2.37. The third-order valence-corrected chi connectivity index (χ3v) is 7.76. The van der Waals surface area contributed by atoms with E-state index in [4.69, 9.17) is 4.74 Å². The topological polar surface area (TPSA) is 53.0 Å². The summed E-state index contributed by atoms with van der Waals surface area (Å²) >= 11 is 0. The summed E-state index contributed by atoms with van der Waals surface area (Å²) in [7, 11) is 0. The van der Waals surface area contributed by atoms with Crippen LogP contribution in [-0.2, 0) is 17.6 Å². The average Bonchev–Trinajstić information content (AvgIpc) is 2.87. The van der Waals surface area contributed by atoms with E-state index in [-0.39, 0.29) is 12.0 Å². The van der Waals surface area contributed by atoms with E-state index in [1.807, 2.05) is 25.7 Å². The van der Waals surface area contributed by atoms with Crippen LogP contribution in [0.3, 0.4) is 0 Å². The van der Waals surface area contributed by atoms with Crippen molar-refractivity contribution in [1.82, 2.24) is 9.80 Å². The van der Waals surface area contributed by atoms with E-state index in [0.717, 1.165) is 58.2 Å². The van der Waals surface area contributed by atoms with Crippen molar-refractivity contribution < 1.29 is 14.6 Å². The molecule has 1 heterocycles. The first kappa shape index (κ1) is 26.7. The molecule has 2 aliphatic rings. The second-order valence-electron chi connectivity index (χ2n) is 11.7. The molecule has 2 fully saturated rings. The zero-order chi connectivity index (χ0) is 25.6. The lowest BCUT2D eigenvalue weighted by molar-refractivity contribution is -0.0357. The lowest BCUT2D eigenvalue weighted by atomic mass is 9.72. The highest BCUT2D eigenvalue weighted by Gasteiger charge is 2.40. The Kier molecular flexibility index (Phi) is 8.74. The smallest absolute Gasteiger partial charge is 0.410 e. The molecule has 36 heavy (non-hydrogen) atoms. The zero-order valence-electron chi connectivity index (χ0n) is 22.4. The molecule has 1 amide bonds. The normalized spacial score (nSPS) is 19.6. The molecule has 0 spiro atoms. The summed E-state index contributed by atoms with van der Waals surface area (Å²) in [5, 5.41) is 11.8. The highest BCUT2D eigenvalue weighted by Crippen LogP contribution is 2.40. The minimum Gasteiger partial charge on any atom is -0.444 e. The minimum atomic E-state index is -0.661. The van der Waals surface area contributed by atoms with Gasteiger partial charge >= 0.3 is 6.09 Å². The van der Waals surface area contributed by atoms with Gasteiger partial charge in [-0.1, -0.05) is 73.9 Å². The molecule has 1 N–H and O–H groups in total. The molecule has 1 aliphatic carbocycles. The SMILES string of the molecule is CC(C)(C)OC(=O)N1CCN(CC(c2ccc(CCc3ccccc3)cc2)C2(O)CCCCC2)CC1. The number of hydrogen-bond acceptors (Lipinski definition) is 4. The van der Waals surface area contributed by atoms with Gasteiger partial charge in [0.2, 0.25) is 0 Å². The summed E-state index contributed by atoms with van der Waals surface area (Å²) in [6.45, 7) is 9.48. The largest absolute Gasteiger partial charge is 0.444 e. The third-order valence-electron chi connectivity index (χ3n) is 7.76. The number of piperazine rings is 1. The van der Waals surface area contributed by atoms with Gasteiger partial charge in [-0.2, -0.15) is 0 Å². The van der Waals surface area contributed by atoms with Crippen LogP contribution in [-0.4, -0.2) is 64.9 Å². The first-order chi connectivity index (χ1) is 17.2. The monoisotopic (exact) mass is 492 g/mol. The Bertz CT molecular complexity index is 954. The number of rotatable bonds is 7. The second kappa shape index (κ2) is 11.8. The molecule has 1 aliphatic heterocycles. The predicted octanol–water partition coefficient (Wildman–Crippen LogP) is 5.80. The van der Waals surface area contributed by atoms with E-state index in [1.165, 1.54) is 23.1 Å². The van der Waals surface area contributed by atoms with Crippen LogP contribution in [0.15, 0.2) is 54.6 Å². The van der Waals surface area contributed by atoms with Gasteiger partial charge in [0.1, 0.15) is 5.60 Å². The number of nitrogens with zero attached hydrogens (tertiary/aromatic N) is 2. The number of hydrogen-bond donors (Lipinski definition) is 1. The molecular weight excluding hydrogens is 448 g/mol. The predicted molar refractivity (Wildman–Crippen MR) is 145 cm³/mol. The number of aliphatic hydroxyl groups is 1. The Morgan fingerprint density at radius 3 is 2.06 bits per heavy atom. The van der Waals surface area contributed by atoms with Crippen molar-refractivity contribution in [1.29, 1.82) is 0 Å². The summed E-state index contributed by atoms with van der Waals surface area (Å²) in [6, 6.07) is 19.6. The maximum absolute atomic E-state index is 12.5. The van der Waals surface area contributed by atoms with Crippen LogP contribution in [0.25, 0.3) is 0 Å². The molecule has 2 aromatic rings. The molecule has 196 valence electrons. The lowest BCUT2D eigenvalue weighted by Gasteiger charge is -2.43. The van der Waals surface area contributed by atoms with Crippen LogP contribution in [0.4, 0.5) is 4.79 Å². The number of benzene rings is 2. The molecular formula is C31H44N2O3. The Morgan fingerprint density at radius 2 is 1.47 bits per heavy atom. The van der Waals surface area contributed by atoms with Gasteiger partial charge in [-0.05, 0) is 63.1 Å². The van der Waals surface area contributed by atoms with Crippen molar-refractivity contribution in [2.75, 3.05) is 32.7 Å². The molecule has 1 saturated carbocycles. The Balaban J connectivity index is 1.41. The van der Waals surface area contributed by atoms with E-state index in [1.54, 1.807) is 0 Å². The van der Waals surface area contributed by atoms with E-state index in [0.29, 0.717) is 13.1 Å². The number of aryl methyl sites for hydroxylation is 2. The molecule has 1 saturated heterocycles. The third kappa shape index (κ3) is 7.33. The van der Waals surface area contributed by atoms with Crippen LogP contribution >= 0.6 is 0 Å². The molecule has 5 heteroatoms. The maximum Gasteiger partial charge on any atom is 0.410 e. The highest BCUT2D eigenvalue weighted by atomic mass is 16.6. The minimum absolute atomic E-state index is 0.0778. The van der Waals surface area contributed by atoms with Crippen LogP contribution in [0.1, 0.15) is 75.5 Å². The standard InChI is InChI=1S/C31H44N2O3/c1-30(2,3)36-29(34)33-22-20-32(21-23-33)24-28(31(35)18-8-5-9-19-31)27-16-14-26(15-17-27)13-12-25-10-6-4-7-11-25/h4,6-7,10-11,14-17,28,35H,5,8-9,12-13,18-24H2,1-3H3. The maximum atomic E-state index is 12.5. The molecule has 1 unspecified atom stereocenters. The van der Waals surface area contributed by atoms with Crippen molar-refractivity contribution in [3.05, 3.63) is 71.3 Å². The molecule has 0 radical (unpaired) electrons. The van der Waals surface area contributed by atoms with Gasteiger partial charge in [-0.15, -0.1) is 0 Å². The molecule has 1 atom stereocenters. The summed E-state index contributed by atoms with van der Waals surface area (Å²) in [4.78, 5) is 16.7. The fraction of sp³-hybridized carbons (Fsp3) is 0.581. The first-order valence-corrected chi connectivity index (χ1v) is 13.8. The van der Waals surface area contributed by atoms with E-state index in [2.05, 4.69) is 59.5 Å². The van der Waals surface area contributed by atoms with Gasteiger partial charge < -0.3 is 14.7 Å². The van der Waals surface area contributed by atoms with Gasteiger partial charge in [-0.25, -0.2) is 4.79 Å². The van der Waals surface area contributed by atoms with Gasteiger partial charge in [-0.3, -0.25) is 4.90 Å². The van der Waals surface area contributed by atoms with E-state index >= 15 is 0 Å². The van der Waals surface area contributed by atoms with Crippen LogP contribution < -0.4 is 0 Å². The summed E-state index contributed by atoms with van der Waals surface area (Å²) < 4.78 is 5.56. The van der Waals surface area contributed by atoms with Crippen molar-refractivity contribution in [3.8, 4) is 0 Å². The van der Waals surface area contributed by atoms with Gasteiger partial charge in [0, 0.05) is 38.6 Å². The molecule has 2 aromatic carbocycles. The van der Waals surface area contributed by atoms with Crippen molar-refractivity contribution in [2.24, 2.45) is 0 Å². The van der Waals surface area contributed by atoms with Crippen molar-refractivity contribution >= 4 is 6.09 Å². The summed E-state index contributed by atoms with van der Waals surface area (Å²) in [5.41, 5.74) is 2.80. The van der Waals surface area contributed by atoms with Gasteiger partial charge in [0.05, 0.1) is 5.60 Å². The fourth-order valence-corrected chi connectivity index (χ4v) is 5.65. The molecule has 0 aromatic heterocycles. The zero-order valence-corrected chi connectivity index (χ0v) is 22.4. The Morgan fingerprint density at radius 1 is 0.889 bits per heavy atom. The first-order valence-electron chi connectivity index (χ1n) is 13.8. The van der Waals surface area contributed by atoms with Crippen LogP contribution in [0.5, 0.6) is 0 Å².